The lowest BCUT2D eigenvalue weighted by atomic mass is 9.59. The van der Waals surface area contributed by atoms with Crippen LogP contribution in [-0.4, -0.2) is 6.16 Å². The largest absolute Gasteiger partial charge is 0.0979 e. The Labute approximate surface area is 183 Å². The number of hydrogen-bond donors (Lipinski definition) is 0. The molecule has 1 heterocycles. The van der Waals surface area contributed by atoms with E-state index in [2.05, 4.69) is 121 Å². The van der Waals surface area contributed by atoms with Gasteiger partial charge in [-0.25, -0.2) is 0 Å². The Hall–Kier alpha value is -2.26. The molecule has 0 N–H and O–H groups in total. The third-order valence-electron chi connectivity index (χ3n) is 6.49. The van der Waals surface area contributed by atoms with E-state index in [0.29, 0.717) is 0 Å². The van der Waals surface area contributed by atoms with Crippen molar-refractivity contribution in [2.45, 2.75) is 17.0 Å². The minimum Gasteiger partial charge on any atom is -0.0979 e. The van der Waals surface area contributed by atoms with Gasteiger partial charge in [-0.3, -0.25) is 0 Å². The molecule has 0 aliphatic carbocycles. The molecule has 30 heavy (non-hydrogen) atoms. The first-order valence-corrected chi connectivity index (χ1v) is 13.8. The normalized spacial score (nSPS) is 18.9. The van der Waals surface area contributed by atoms with Crippen LogP contribution >= 0.6 is 16.5 Å². The van der Waals surface area contributed by atoms with Gasteiger partial charge in [0.15, 0.2) is 0 Å². The fraction of sp³-hybridized carbons (Fsp3) is 0.143. The average Bonchev–Trinajstić information content (AvgIpc) is 2.86. The number of hydrogen-bond acceptors (Lipinski definition) is 0. The highest BCUT2D eigenvalue weighted by molar-refractivity contribution is 8.12. The highest BCUT2D eigenvalue weighted by Gasteiger charge is 2.56. The molecule has 2 atom stereocenters. The molecule has 0 aromatic heterocycles. The van der Waals surface area contributed by atoms with E-state index < -0.39 is 0 Å². The van der Waals surface area contributed by atoms with Gasteiger partial charge in [0, 0.05) is 5.41 Å². The zero-order valence-corrected chi connectivity index (χ0v) is 19.0. The van der Waals surface area contributed by atoms with Gasteiger partial charge in [-0.2, -0.15) is 0 Å². The lowest BCUT2D eigenvalue weighted by molar-refractivity contribution is 0.399. The van der Waals surface area contributed by atoms with Crippen LogP contribution in [0, 0.1) is 0 Å². The van der Waals surface area contributed by atoms with Crippen molar-refractivity contribution in [2.24, 2.45) is 0 Å². The lowest BCUT2D eigenvalue weighted by Crippen LogP contribution is -2.49. The van der Waals surface area contributed by atoms with Crippen molar-refractivity contribution in [2.75, 3.05) is 6.16 Å². The molecule has 4 aromatic rings. The molecule has 1 saturated heterocycles. The summed E-state index contributed by atoms with van der Waals surface area (Å²) in [5, 5.41) is -0.0745. The van der Waals surface area contributed by atoms with Crippen LogP contribution in [0.15, 0.2) is 121 Å². The van der Waals surface area contributed by atoms with Crippen LogP contribution in [0.3, 0.4) is 0 Å². The maximum Gasteiger partial charge on any atom is 0.0546 e. The van der Waals surface area contributed by atoms with Gasteiger partial charge in [0.05, 0.1) is 5.16 Å². The van der Waals surface area contributed by atoms with Crippen LogP contribution < -0.4 is 0 Å². The maximum absolute atomic E-state index is 2.36. The van der Waals surface area contributed by atoms with E-state index in [9.17, 15) is 0 Å². The standard InChI is InChI=1S/C28H26P2/c1-5-13-23(14-6-1)27(24-15-7-2-8-16-24)21-22-29-30-28(27,25-17-9-3-10-18-25)26-19-11-4-12-20-26/h1-20,29-30H,21-22H2. The van der Waals surface area contributed by atoms with Crippen molar-refractivity contribution in [1.29, 1.82) is 0 Å². The molecule has 0 amide bonds. The molecular weight excluding hydrogens is 398 g/mol. The van der Waals surface area contributed by atoms with Crippen LogP contribution in [0.2, 0.25) is 0 Å². The summed E-state index contributed by atoms with van der Waals surface area (Å²) < 4.78 is 0. The molecule has 2 unspecified atom stereocenters. The zero-order chi connectivity index (χ0) is 20.3. The lowest BCUT2D eigenvalue weighted by Gasteiger charge is -2.55. The summed E-state index contributed by atoms with van der Waals surface area (Å²) in [5.41, 5.74) is 5.65. The average molecular weight is 424 g/mol. The van der Waals surface area contributed by atoms with Crippen molar-refractivity contribution in [1.82, 2.24) is 0 Å². The highest BCUT2D eigenvalue weighted by Crippen LogP contribution is 2.72. The van der Waals surface area contributed by atoms with Crippen LogP contribution in [0.25, 0.3) is 0 Å². The SMILES string of the molecule is c1ccc(C2(c3ccccc3)CCPPC2(c2ccccc2)c2ccccc2)cc1. The van der Waals surface area contributed by atoms with Crippen molar-refractivity contribution in [3.05, 3.63) is 144 Å². The fourth-order valence-corrected chi connectivity index (χ4v) is 10.4. The summed E-state index contributed by atoms with van der Waals surface area (Å²) in [6.45, 7) is 0. The van der Waals surface area contributed by atoms with Crippen LogP contribution in [0.4, 0.5) is 0 Å². The van der Waals surface area contributed by atoms with Gasteiger partial charge in [0.2, 0.25) is 0 Å². The first kappa shape index (κ1) is 19.7. The Balaban J connectivity index is 1.92. The van der Waals surface area contributed by atoms with E-state index in [1.165, 1.54) is 28.4 Å². The summed E-state index contributed by atoms with van der Waals surface area (Å²) in [5.74, 6) is 0. The smallest absolute Gasteiger partial charge is 0.0546 e. The molecule has 1 aliphatic heterocycles. The highest BCUT2D eigenvalue weighted by atomic mass is 32.0. The van der Waals surface area contributed by atoms with Crippen molar-refractivity contribution in [3.63, 3.8) is 0 Å². The third-order valence-corrected chi connectivity index (χ3v) is 10.9. The summed E-state index contributed by atoms with van der Waals surface area (Å²) in [6.07, 6.45) is 2.44. The van der Waals surface area contributed by atoms with Crippen molar-refractivity contribution >= 4 is 16.5 Å². The molecule has 2 heteroatoms. The van der Waals surface area contributed by atoms with Crippen LogP contribution in [0.5, 0.6) is 0 Å². The summed E-state index contributed by atoms with van der Waals surface area (Å²) in [4.78, 5) is 0. The Morgan fingerprint density at radius 1 is 0.467 bits per heavy atom. The van der Waals surface area contributed by atoms with E-state index in [1.807, 2.05) is 0 Å². The van der Waals surface area contributed by atoms with E-state index in [-0.39, 0.29) is 10.6 Å². The van der Waals surface area contributed by atoms with Gasteiger partial charge in [0.1, 0.15) is 0 Å². The quantitative estimate of drug-likeness (QED) is 0.296. The first-order valence-electron chi connectivity index (χ1n) is 10.6. The van der Waals surface area contributed by atoms with Gasteiger partial charge in [-0.15, -0.1) is 0 Å². The predicted molar refractivity (Wildman–Crippen MR) is 133 cm³/mol. The Bertz CT molecular complexity index is 907. The monoisotopic (exact) mass is 424 g/mol. The third kappa shape index (κ3) is 3.06. The molecule has 1 fully saturated rings. The van der Waals surface area contributed by atoms with Crippen LogP contribution in [-0.2, 0) is 10.6 Å². The Kier molecular flexibility index (Phi) is 5.56. The fourth-order valence-electron chi connectivity index (χ4n) is 5.25. The van der Waals surface area contributed by atoms with Gasteiger partial charge in [0.25, 0.3) is 0 Å². The molecular formula is C28H26P2. The molecule has 0 radical (unpaired) electrons. The first-order chi connectivity index (χ1) is 14.9. The Morgan fingerprint density at radius 2 is 0.833 bits per heavy atom. The topological polar surface area (TPSA) is 0 Å². The van der Waals surface area contributed by atoms with E-state index in [0.717, 1.165) is 23.0 Å². The second-order valence-electron chi connectivity index (χ2n) is 7.92. The molecule has 4 aromatic carbocycles. The zero-order valence-electron chi connectivity index (χ0n) is 17.0. The molecule has 1 aliphatic rings. The number of benzene rings is 4. The van der Waals surface area contributed by atoms with Crippen molar-refractivity contribution in [3.8, 4) is 0 Å². The van der Waals surface area contributed by atoms with E-state index >= 15 is 0 Å². The molecule has 0 saturated carbocycles. The molecule has 0 bridgehead atoms. The maximum atomic E-state index is 2.36. The predicted octanol–water partition coefficient (Wildman–Crippen LogP) is 7.59. The van der Waals surface area contributed by atoms with E-state index in [1.54, 1.807) is 0 Å². The summed E-state index contributed by atoms with van der Waals surface area (Å²) >= 11 is 0. The van der Waals surface area contributed by atoms with Gasteiger partial charge < -0.3 is 0 Å². The van der Waals surface area contributed by atoms with E-state index in [4.69, 9.17) is 0 Å². The van der Waals surface area contributed by atoms with Gasteiger partial charge >= 0.3 is 0 Å². The van der Waals surface area contributed by atoms with Gasteiger partial charge in [-0.1, -0.05) is 138 Å². The Morgan fingerprint density at radius 3 is 1.23 bits per heavy atom. The number of rotatable bonds is 4. The second kappa shape index (κ2) is 8.47. The molecule has 5 rings (SSSR count). The van der Waals surface area contributed by atoms with Gasteiger partial charge in [-0.05, 0) is 34.8 Å². The summed E-state index contributed by atoms with van der Waals surface area (Å²) in [6, 6.07) is 45.1. The minimum atomic E-state index is -0.0953. The van der Waals surface area contributed by atoms with Crippen molar-refractivity contribution < 1.29 is 0 Å². The molecule has 0 nitrogen and oxygen atoms in total. The minimum absolute atomic E-state index is 0.0745. The van der Waals surface area contributed by atoms with Crippen LogP contribution in [0.1, 0.15) is 28.7 Å². The molecule has 0 spiro atoms. The summed E-state index contributed by atoms with van der Waals surface area (Å²) in [7, 11) is 1.84. The second-order valence-corrected chi connectivity index (χ2v) is 11.6. The molecule has 148 valence electrons.